The summed E-state index contributed by atoms with van der Waals surface area (Å²) in [4.78, 5) is 28.6. The van der Waals surface area contributed by atoms with Crippen molar-refractivity contribution in [1.29, 1.82) is 0 Å². The monoisotopic (exact) mass is 599 g/mol. The normalized spacial score (nSPS) is 12.1. The van der Waals surface area contributed by atoms with Gasteiger partial charge in [-0.05, 0) is 74.2 Å². The van der Waals surface area contributed by atoms with E-state index in [-0.39, 0.29) is 29.0 Å². The van der Waals surface area contributed by atoms with Crippen LogP contribution >= 0.6 is 11.6 Å². The lowest BCUT2D eigenvalue weighted by atomic mass is 10.1. The SMILES string of the molecule is COc1cccc(CN(C(=O)CN(c2cccc(Cl)c2C)S(=O)(=O)c2ccc(C)cc2)C(C)C(=O)NCC(C)C)c1. The first-order valence-electron chi connectivity index (χ1n) is 13.4. The van der Waals surface area contributed by atoms with Gasteiger partial charge < -0.3 is 15.0 Å². The number of nitrogens with zero attached hydrogens (tertiary/aromatic N) is 2. The van der Waals surface area contributed by atoms with Crippen molar-refractivity contribution in [3.8, 4) is 5.75 Å². The quantitative estimate of drug-likeness (QED) is 0.303. The number of amides is 2. The first-order chi connectivity index (χ1) is 19.3. The third kappa shape index (κ3) is 8.01. The number of hydrogen-bond donors (Lipinski definition) is 1. The molecule has 0 aliphatic rings. The van der Waals surface area contributed by atoms with Crippen molar-refractivity contribution < 1.29 is 22.7 Å². The average Bonchev–Trinajstić information content (AvgIpc) is 2.94. The summed E-state index contributed by atoms with van der Waals surface area (Å²) in [6.45, 7) is 9.13. The minimum Gasteiger partial charge on any atom is -0.497 e. The number of hydrogen-bond acceptors (Lipinski definition) is 5. The van der Waals surface area contributed by atoms with Crippen LogP contribution in [0.5, 0.6) is 5.75 Å². The topological polar surface area (TPSA) is 96.0 Å². The third-order valence-corrected chi connectivity index (χ3v) is 8.92. The number of anilines is 1. The van der Waals surface area contributed by atoms with E-state index >= 15 is 0 Å². The molecule has 2 amide bonds. The molecular formula is C31H38ClN3O5S. The fraction of sp³-hybridized carbons (Fsp3) is 0.355. The summed E-state index contributed by atoms with van der Waals surface area (Å²) >= 11 is 6.38. The second-order valence-corrected chi connectivity index (χ2v) is 12.7. The van der Waals surface area contributed by atoms with Crippen molar-refractivity contribution in [3.05, 3.63) is 88.4 Å². The third-order valence-electron chi connectivity index (χ3n) is 6.73. The number of sulfonamides is 1. The van der Waals surface area contributed by atoms with E-state index in [4.69, 9.17) is 16.3 Å². The van der Waals surface area contributed by atoms with Crippen molar-refractivity contribution in [2.24, 2.45) is 5.92 Å². The van der Waals surface area contributed by atoms with Gasteiger partial charge in [-0.15, -0.1) is 0 Å². The van der Waals surface area contributed by atoms with Gasteiger partial charge in [-0.25, -0.2) is 8.42 Å². The van der Waals surface area contributed by atoms with E-state index in [0.717, 1.165) is 15.4 Å². The Morgan fingerprint density at radius 3 is 2.27 bits per heavy atom. The van der Waals surface area contributed by atoms with E-state index in [1.165, 1.54) is 17.0 Å². The maximum absolute atomic E-state index is 14.1. The van der Waals surface area contributed by atoms with Crippen molar-refractivity contribution in [2.75, 3.05) is 24.5 Å². The zero-order valence-electron chi connectivity index (χ0n) is 24.3. The molecule has 0 saturated carbocycles. The second kappa shape index (κ2) is 13.9. The van der Waals surface area contributed by atoms with Crippen LogP contribution in [0.3, 0.4) is 0 Å². The van der Waals surface area contributed by atoms with Gasteiger partial charge in [0.25, 0.3) is 10.0 Å². The second-order valence-electron chi connectivity index (χ2n) is 10.4. The highest BCUT2D eigenvalue weighted by Gasteiger charge is 2.33. The average molecular weight is 600 g/mol. The molecule has 0 spiro atoms. The van der Waals surface area contributed by atoms with E-state index in [1.54, 1.807) is 69.5 Å². The van der Waals surface area contributed by atoms with Crippen LogP contribution in [0.2, 0.25) is 5.02 Å². The van der Waals surface area contributed by atoms with E-state index in [0.29, 0.717) is 22.9 Å². The van der Waals surface area contributed by atoms with Gasteiger partial charge in [0.1, 0.15) is 18.3 Å². The van der Waals surface area contributed by atoms with Crippen LogP contribution in [0.15, 0.2) is 71.6 Å². The van der Waals surface area contributed by atoms with Crippen molar-refractivity contribution in [3.63, 3.8) is 0 Å². The molecule has 0 bridgehead atoms. The van der Waals surface area contributed by atoms with Gasteiger partial charge in [0.2, 0.25) is 11.8 Å². The number of carbonyl (C=O) groups is 2. The number of carbonyl (C=O) groups excluding carboxylic acids is 2. The maximum atomic E-state index is 14.1. The minimum atomic E-state index is -4.18. The number of methoxy groups -OCH3 is 1. The van der Waals surface area contributed by atoms with Gasteiger partial charge >= 0.3 is 0 Å². The molecule has 0 aliphatic carbocycles. The number of nitrogens with one attached hydrogen (secondary N) is 1. The molecule has 3 aromatic carbocycles. The van der Waals surface area contributed by atoms with Crippen LogP contribution in [0.25, 0.3) is 0 Å². The fourth-order valence-corrected chi connectivity index (χ4v) is 5.86. The highest BCUT2D eigenvalue weighted by molar-refractivity contribution is 7.92. The van der Waals surface area contributed by atoms with Crippen LogP contribution in [0.1, 0.15) is 37.5 Å². The van der Waals surface area contributed by atoms with Gasteiger partial charge in [0.15, 0.2) is 0 Å². The zero-order valence-corrected chi connectivity index (χ0v) is 25.9. The Hall–Kier alpha value is -3.56. The Bertz CT molecular complexity index is 1480. The van der Waals surface area contributed by atoms with Crippen molar-refractivity contribution in [1.82, 2.24) is 10.2 Å². The zero-order chi connectivity index (χ0) is 30.3. The molecule has 1 unspecified atom stereocenters. The van der Waals surface area contributed by atoms with E-state index in [1.807, 2.05) is 26.8 Å². The fourth-order valence-electron chi connectivity index (χ4n) is 4.22. The summed E-state index contributed by atoms with van der Waals surface area (Å²) in [5, 5.41) is 3.25. The summed E-state index contributed by atoms with van der Waals surface area (Å²) in [6.07, 6.45) is 0. The highest BCUT2D eigenvalue weighted by atomic mass is 35.5. The number of benzene rings is 3. The van der Waals surface area contributed by atoms with Crippen molar-refractivity contribution >= 4 is 39.1 Å². The molecule has 0 heterocycles. The van der Waals surface area contributed by atoms with Gasteiger partial charge in [-0.1, -0.05) is 61.3 Å². The number of ether oxygens (including phenoxy) is 1. The lowest BCUT2D eigenvalue weighted by Crippen LogP contribution is -2.51. The maximum Gasteiger partial charge on any atom is 0.264 e. The predicted molar refractivity (Wildman–Crippen MR) is 163 cm³/mol. The molecule has 0 saturated heterocycles. The van der Waals surface area contributed by atoms with Gasteiger partial charge in [-0.3, -0.25) is 13.9 Å². The minimum absolute atomic E-state index is 0.0392. The Balaban J connectivity index is 2.06. The summed E-state index contributed by atoms with van der Waals surface area (Å²) in [7, 11) is -2.64. The molecule has 0 radical (unpaired) electrons. The molecule has 220 valence electrons. The van der Waals surface area contributed by atoms with E-state index in [9.17, 15) is 18.0 Å². The van der Waals surface area contributed by atoms with Gasteiger partial charge in [0.05, 0.1) is 17.7 Å². The van der Waals surface area contributed by atoms with Gasteiger partial charge in [0, 0.05) is 18.1 Å². The summed E-state index contributed by atoms with van der Waals surface area (Å²) < 4.78 is 34.4. The van der Waals surface area contributed by atoms with Crippen LogP contribution in [-0.2, 0) is 26.2 Å². The molecule has 3 rings (SSSR count). The summed E-state index contributed by atoms with van der Waals surface area (Å²) in [5.41, 5.74) is 2.42. The Morgan fingerprint density at radius 1 is 0.976 bits per heavy atom. The molecule has 10 heteroatoms. The molecule has 8 nitrogen and oxygen atoms in total. The number of rotatable bonds is 12. The van der Waals surface area contributed by atoms with E-state index in [2.05, 4.69) is 5.32 Å². The summed E-state index contributed by atoms with van der Waals surface area (Å²) in [6, 6.07) is 17.7. The molecule has 41 heavy (non-hydrogen) atoms. The Morgan fingerprint density at radius 2 is 1.63 bits per heavy atom. The molecule has 0 aromatic heterocycles. The number of aryl methyl sites for hydroxylation is 1. The first kappa shape index (κ1) is 32.0. The lowest BCUT2D eigenvalue weighted by molar-refractivity contribution is -0.139. The van der Waals surface area contributed by atoms with E-state index < -0.39 is 28.5 Å². The highest BCUT2D eigenvalue weighted by Crippen LogP contribution is 2.31. The Kier molecular flexibility index (Phi) is 10.8. The number of halogens is 1. The largest absolute Gasteiger partial charge is 0.497 e. The van der Waals surface area contributed by atoms with Gasteiger partial charge in [-0.2, -0.15) is 0 Å². The van der Waals surface area contributed by atoms with Crippen LogP contribution in [0, 0.1) is 19.8 Å². The molecule has 0 fully saturated rings. The standard InChI is InChI=1S/C31H38ClN3O5S/c1-21(2)18-33-31(37)24(5)34(19-25-9-7-10-26(17-25)40-6)30(36)20-35(29-12-8-11-28(32)23(29)4)41(38,39)27-15-13-22(3)14-16-27/h7-17,21,24H,18-20H2,1-6H3,(H,33,37). The molecule has 3 aromatic rings. The smallest absolute Gasteiger partial charge is 0.264 e. The molecular weight excluding hydrogens is 562 g/mol. The molecule has 1 N–H and O–H groups in total. The predicted octanol–water partition coefficient (Wildman–Crippen LogP) is 5.35. The van der Waals surface area contributed by atoms with Crippen LogP contribution in [0.4, 0.5) is 5.69 Å². The molecule has 1 atom stereocenters. The lowest BCUT2D eigenvalue weighted by Gasteiger charge is -2.32. The Labute approximate surface area is 248 Å². The van der Waals surface area contributed by atoms with Crippen LogP contribution in [-0.4, -0.2) is 51.4 Å². The summed E-state index contributed by atoms with van der Waals surface area (Å²) in [5.74, 6) is -0.0588. The van der Waals surface area contributed by atoms with Crippen LogP contribution < -0.4 is 14.4 Å². The first-order valence-corrected chi connectivity index (χ1v) is 15.2. The molecule has 0 aliphatic heterocycles. The van der Waals surface area contributed by atoms with Crippen molar-refractivity contribution in [2.45, 2.75) is 52.1 Å².